The molecule has 0 bridgehead atoms. The molecule has 1 atom stereocenters. The van der Waals surface area contributed by atoms with Crippen LogP contribution in [-0.4, -0.2) is 20.1 Å². The standard InChI is InChI=1S/C24H31NO3S/c1-4-14-29(27,28)21-11-9-20(10-12-21)23(16-19-6-5-7-19)25-24(26)22-13-8-17(2)15-18(22)3/h8-13,15,19,23H,4-7,14,16H2,1-3H3,(H,25,26). The number of nitrogens with one attached hydrogen (secondary N) is 1. The Balaban J connectivity index is 1.82. The minimum absolute atomic E-state index is 0.0745. The second kappa shape index (κ2) is 9.12. The molecule has 0 aliphatic heterocycles. The summed E-state index contributed by atoms with van der Waals surface area (Å²) in [4.78, 5) is 13.3. The molecule has 1 saturated carbocycles. The Hall–Kier alpha value is -2.14. The van der Waals surface area contributed by atoms with E-state index in [9.17, 15) is 13.2 Å². The molecular formula is C24H31NO3S. The molecule has 2 aromatic carbocycles. The first-order valence-electron chi connectivity index (χ1n) is 10.5. The SMILES string of the molecule is CCCS(=O)(=O)c1ccc(C(CC2CCC2)NC(=O)c2ccc(C)cc2C)cc1. The van der Waals surface area contributed by atoms with Crippen LogP contribution in [0.1, 0.15) is 72.1 Å². The van der Waals surface area contributed by atoms with Crippen LogP contribution < -0.4 is 5.32 Å². The first kappa shape index (κ1) is 21.6. The van der Waals surface area contributed by atoms with Crippen molar-refractivity contribution in [2.45, 2.75) is 63.8 Å². The van der Waals surface area contributed by atoms with E-state index in [1.165, 1.54) is 19.3 Å². The van der Waals surface area contributed by atoms with E-state index in [1.807, 2.05) is 51.1 Å². The molecule has 1 amide bonds. The predicted octanol–water partition coefficient (Wildman–Crippen LogP) is 5.15. The smallest absolute Gasteiger partial charge is 0.252 e. The molecule has 4 nitrogen and oxygen atoms in total. The summed E-state index contributed by atoms with van der Waals surface area (Å²) in [5, 5.41) is 3.20. The van der Waals surface area contributed by atoms with E-state index in [0.29, 0.717) is 22.8 Å². The molecule has 5 heteroatoms. The Morgan fingerprint density at radius 3 is 2.34 bits per heavy atom. The Bertz CT molecular complexity index is 960. The van der Waals surface area contributed by atoms with Gasteiger partial charge >= 0.3 is 0 Å². The lowest BCUT2D eigenvalue weighted by Gasteiger charge is -2.30. The first-order chi connectivity index (χ1) is 13.8. The molecule has 1 aliphatic rings. The van der Waals surface area contributed by atoms with Crippen molar-refractivity contribution in [3.8, 4) is 0 Å². The number of carbonyl (C=O) groups excluding carboxylic acids is 1. The van der Waals surface area contributed by atoms with E-state index >= 15 is 0 Å². The van der Waals surface area contributed by atoms with E-state index in [2.05, 4.69) is 5.32 Å². The van der Waals surface area contributed by atoms with Gasteiger partial charge in [-0.05, 0) is 61.9 Å². The second-order valence-electron chi connectivity index (χ2n) is 8.26. The highest BCUT2D eigenvalue weighted by Gasteiger charge is 2.25. The summed E-state index contributed by atoms with van der Waals surface area (Å²) in [6.45, 7) is 5.83. The molecule has 1 unspecified atom stereocenters. The quantitative estimate of drug-likeness (QED) is 0.651. The lowest BCUT2D eigenvalue weighted by atomic mass is 9.79. The number of hydrogen-bond acceptors (Lipinski definition) is 3. The number of benzene rings is 2. The topological polar surface area (TPSA) is 63.2 Å². The number of hydrogen-bond donors (Lipinski definition) is 1. The van der Waals surface area contributed by atoms with E-state index in [4.69, 9.17) is 0 Å². The van der Waals surface area contributed by atoms with E-state index < -0.39 is 9.84 Å². The van der Waals surface area contributed by atoms with Crippen LogP contribution in [0.25, 0.3) is 0 Å². The fourth-order valence-corrected chi connectivity index (χ4v) is 5.26. The zero-order chi connectivity index (χ0) is 21.0. The molecular weight excluding hydrogens is 382 g/mol. The third kappa shape index (κ3) is 5.27. The lowest BCUT2D eigenvalue weighted by Crippen LogP contribution is -2.31. The highest BCUT2D eigenvalue weighted by atomic mass is 32.2. The second-order valence-corrected chi connectivity index (χ2v) is 10.4. The molecule has 0 spiro atoms. The molecule has 156 valence electrons. The van der Waals surface area contributed by atoms with Crippen LogP contribution >= 0.6 is 0 Å². The van der Waals surface area contributed by atoms with E-state index in [-0.39, 0.29) is 17.7 Å². The molecule has 1 aliphatic carbocycles. The fraction of sp³-hybridized carbons (Fsp3) is 0.458. The third-order valence-corrected chi connectivity index (χ3v) is 7.78. The summed E-state index contributed by atoms with van der Waals surface area (Å²) in [6.07, 6.45) is 5.12. The Morgan fingerprint density at radius 1 is 1.10 bits per heavy atom. The monoisotopic (exact) mass is 413 g/mol. The molecule has 0 heterocycles. The predicted molar refractivity (Wildman–Crippen MR) is 117 cm³/mol. The summed E-state index contributed by atoms with van der Waals surface area (Å²) in [5.41, 5.74) is 3.75. The average molecular weight is 414 g/mol. The largest absolute Gasteiger partial charge is 0.345 e. The third-order valence-electron chi connectivity index (χ3n) is 5.84. The van der Waals surface area contributed by atoms with Crippen molar-refractivity contribution in [1.82, 2.24) is 5.32 Å². The van der Waals surface area contributed by atoms with Crippen molar-refractivity contribution in [3.05, 3.63) is 64.7 Å². The number of rotatable bonds is 8. The minimum Gasteiger partial charge on any atom is -0.345 e. The van der Waals surface area contributed by atoms with Gasteiger partial charge in [0.1, 0.15) is 0 Å². The first-order valence-corrected chi connectivity index (χ1v) is 12.2. The minimum atomic E-state index is -3.23. The van der Waals surface area contributed by atoms with Crippen LogP contribution in [0.3, 0.4) is 0 Å². The molecule has 2 aromatic rings. The maximum Gasteiger partial charge on any atom is 0.252 e. The van der Waals surface area contributed by atoms with Gasteiger partial charge in [0.05, 0.1) is 16.7 Å². The van der Waals surface area contributed by atoms with Crippen molar-refractivity contribution in [2.24, 2.45) is 5.92 Å². The van der Waals surface area contributed by atoms with Gasteiger partial charge in [-0.25, -0.2) is 8.42 Å². The number of aryl methyl sites for hydroxylation is 2. The summed E-state index contributed by atoms with van der Waals surface area (Å²) in [5.74, 6) is 0.693. The molecule has 1 N–H and O–H groups in total. The van der Waals surface area contributed by atoms with Gasteiger partial charge in [0.25, 0.3) is 5.91 Å². The molecule has 29 heavy (non-hydrogen) atoms. The van der Waals surface area contributed by atoms with Gasteiger partial charge in [-0.2, -0.15) is 0 Å². The van der Waals surface area contributed by atoms with Crippen molar-refractivity contribution in [2.75, 3.05) is 5.75 Å². The van der Waals surface area contributed by atoms with Crippen molar-refractivity contribution in [3.63, 3.8) is 0 Å². The Kier molecular flexibility index (Phi) is 6.78. The van der Waals surface area contributed by atoms with Crippen LogP contribution in [-0.2, 0) is 9.84 Å². The van der Waals surface area contributed by atoms with Gasteiger partial charge in [-0.15, -0.1) is 0 Å². The van der Waals surface area contributed by atoms with Crippen LogP contribution in [0.15, 0.2) is 47.4 Å². The Labute approximate surface area is 174 Å². The maximum atomic E-state index is 13.0. The van der Waals surface area contributed by atoms with Gasteiger partial charge in [0.2, 0.25) is 0 Å². The number of carbonyl (C=O) groups is 1. The van der Waals surface area contributed by atoms with Gasteiger partial charge in [-0.3, -0.25) is 4.79 Å². The maximum absolute atomic E-state index is 13.0. The lowest BCUT2D eigenvalue weighted by molar-refractivity contribution is 0.0924. The average Bonchev–Trinajstić information content (AvgIpc) is 2.63. The molecule has 0 aromatic heterocycles. The van der Waals surface area contributed by atoms with Crippen LogP contribution in [0, 0.1) is 19.8 Å². The molecule has 0 radical (unpaired) electrons. The molecule has 0 saturated heterocycles. The van der Waals surface area contributed by atoms with Gasteiger partial charge in [-0.1, -0.05) is 56.0 Å². The van der Waals surface area contributed by atoms with Crippen molar-refractivity contribution < 1.29 is 13.2 Å². The molecule has 1 fully saturated rings. The Morgan fingerprint density at radius 2 is 1.79 bits per heavy atom. The number of amides is 1. The van der Waals surface area contributed by atoms with Crippen molar-refractivity contribution >= 4 is 15.7 Å². The normalized spacial score (nSPS) is 15.6. The van der Waals surface area contributed by atoms with Gasteiger partial charge in [0.15, 0.2) is 9.84 Å². The van der Waals surface area contributed by atoms with Crippen molar-refractivity contribution in [1.29, 1.82) is 0 Å². The zero-order valence-corrected chi connectivity index (χ0v) is 18.4. The summed E-state index contributed by atoms with van der Waals surface area (Å²) in [7, 11) is -3.23. The van der Waals surface area contributed by atoms with Crippen LogP contribution in [0.5, 0.6) is 0 Å². The van der Waals surface area contributed by atoms with Crippen LogP contribution in [0.4, 0.5) is 0 Å². The van der Waals surface area contributed by atoms with Crippen LogP contribution in [0.2, 0.25) is 0 Å². The van der Waals surface area contributed by atoms with Gasteiger partial charge < -0.3 is 5.32 Å². The summed E-state index contributed by atoms with van der Waals surface area (Å²) >= 11 is 0. The summed E-state index contributed by atoms with van der Waals surface area (Å²) in [6, 6.07) is 12.8. The summed E-state index contributed by atoms with van der Waals surface area (Å²) < 4.78 is 24.6. The van der Waals surface area contributed by atoms with E-state index in [0.717, 1.165) is 23.1 Å². The highest BCUT2D eigenvalue weighted by Crippen LogP contribution is 2.35. The number of sulfone groups is 1. The van der Waals surface area contributed by atoms with Gasteiger partial charge in [0, 0.05) is 5.56 Å². The molecule has 3 rings (SSSR count). The van der Waals surface area contributed by atoms with E-state index in [1.54, 1.807) is 12.1 Å². The fourth-order valence-electron chi connectivity index (χ4n) is 3.94. The highest BCUT2D eigenvalue weighted by molar-refractivity contribution is 7.91. The zero-order valence-electron chi connectivity index (χ0n) is 17.6.